The molecule has 1 aromatic rings. The average Bonchev–Trinajstić information content (AvgIpc) is 2.82. The molecular formula is C15H24N4O7Si. The number of carbonyl (C=O) groups excluding carboxylic acids is 2. The Hall–Kier alpha value is -2.31. The number of hydrogen-bond donors (Lipinski definition) is 2. The predicted octanol–water partition coefficient (Wildman–Crippen LogP) is -0.362. The first-order chi connectivity index (χ1) is 12.5. The molecule has 0 radical (unpaired) electrons. The lowest BCUT2D eigenvalue weighted by Gasteiger charge is -2.23. The number of aromatic nitrogens is 3. The topological polar surface area (TPSA) is 142 Å². The van der Waals surface area contributed by atoms with Crippen LogP contribution >= 0.6 is 0 Å². The number of aliphatic hydroxyl groups excluding tert-OH is 1. The van der Waals surface area contributed by atoms with E-state index in [1.807, 2.05) is 19.6 Å². The maximum absolute atomic E-state index is 12.5. The third-order valence-electron chi connectivity index (χ3n) is 3.56. The predicted molar refractivity (Wildman–Crippen MR) is 95.4 cm³/mol. The third kappa shape index (κ3) is 5.34. The Morgan fingerprint density at radius 3 is 2.33 bits per heavy atom. The summed E-state index contributed by atoms with van der Waals surface area (Å²) in [5.74, 6) is -1.11. The summed E-state index contributed by atoms with van der Waals surface area (Å²) in [7, 11) is -1.77. The quantitative estimate of drug-likeness (QED) is 0.480. The number of nitrogens with zero attached hydrogens (tertiary/aromatic N) is 3. The van der Waals surface area contributed by atoms with Gasteiger partial charge in [-0.1, -0.05) is 19.6 Å². The maximum atomic E-state index is 12.5. The molecule has 0 saturated carbocycles. The van der Waals surface area contributed by atoms with Crippen molar-refractivity contribution in [3.05, 3.63) is 16.8 Å². The van der Waals surface area contributed by atoms with Gasteiger partial charge in [-0.05, 0) is 0 Å². The molecular weight excluding hydrogens is 376 g/mol. The molecule has 27 heavy (non-hydrogen) atoms. The molecule has 0 spiro atoms. The molecule has 2 N–H and O–H groups in total. The van der Waals surface area contributed by atoms with Crippen molar-refractivity contribution in [3.8, 4) is 0 Å². The summed E-state index contributed by atoms with van der Waals surface area (Å²) in [6.45, 7) is 7.92. The molecule has 1 aromatic heterocycles. The van der Waals surface area contributed by atoms with Crippen molar-refractivity contribution in [2.45, 2.75) is 58.0 Å². The first kappa shape index (κ1) is 21.0. The highest BCUT2D eigenvalue weighted by atomic mass is 28.3. The van der Waals surface area contributed by atoms with Crippen molar-refractivity contribution < 1.29 is 28.9 Å². The van der Waals surface area contributed by atoms with E-state index in [1.54, 1.807) is 0 Å². The van der Waals surface area contributed by atoms with Crippen LogP contribution in [0.3, 0.4) is 0 Å². The maximum Gasteiger partial charge on any atom is 0.354 e. The number of hydrogen-bond acceptors (Lipinski definition) is 10. The molecule has 0 aromatic carbocycles. The number of rotatable bonds is 6. The van der Waals surface area contributed by atoms with Gasteiger partial charge in [-0.25, -0.2) is 9.78 Å². The molecule has 0 amide bonds. The van der Waals surface area contributed by atoms with Gasteiger partial charge >= 0.3 is 17.6 Å². The number of ether oxygens (including phenoxy) is 3. The molecule has 1 fully saturated rings. The molecule has 1 aliphatic heterocycles. The van der Waals surface area contributed by atoms with Crippen LogP contribution in [0.25, 0.3) is 0 Å². The average molecular weight is 400 g/mol. The smallest absolute Gasteiger partial charge is 0.354 e. The second-order valence-electron chi connectivity index (χ2n) is 7.14. The second kappa shape index (κ2) is 8.15. The molecule has 2 rings (SSSR count). The Kier molecular flexibility index (Phi) is 6.33. The van der Waals surface area contributed by atoms with Crippen LogP contribution in [0.15, 0.2) is 11.1 Å². The summed E-state index contributed by atoms with van der Waals surface area (Å²) in [6, 6.07) is 0. The van der Waals surface area contributed by atoms with Crippen molar-refractivity contribution in [1.82, 2.24) is 14.5 Å². The molecule has 0 aliphatic carbocycles. The SMILES string of the molecule is CC(=O)OC1[C@@H](OC(C)=O)[C@@H](CO)O[C@H]1n1cnc(N[Si](C)(C)C)nc1=O. The van der Waals surface area contributed by atoms with Crippen molar-refractivity contribution >= 4 is 26.1 Å². The number of nitrogens with one attached hydrogen (secondary N) is 1. The first-order valence-corrected chi connectivity index (χ1v) is 11.9. The fourth-order valence-electron chi connectivity index (χ4n) is 2.64. The summed E-state index contributed by atoms with van der Waals surface area (Å²) in [4.78, 5) is 46.4. The summed E-state index contributed by atoms with van der Waals surface area (Å²) in [5, 5.41) is 9.53. The van der Waals surface area contributed by atoms with E-state index in [0.717, 1.165) is 4.57 Å². The van der Waals surface area contributed by atoms with Crippen molar-refractivity contribution in [2.75, 3.05) is 11.6 Å². The highest BCUT2D eigenvalue weighted by molar-refractivity contribution is 6.79. The van der Waals surface area contributed by atoms with E-state index in [1.165, 1.54) is 20.2 Å². The summed E-state index contributed by atoms with van der Waals surface area (Å²) < 4.78 is 17.0. The number of aliphatic hydroxyl groups is 1. The minimum absolute atomic E-state index is 0.188. The Morgan fingerprint density at radius 2 is 1.85 bits per heavy atom. The monoisotopic (exact) mass is 400 g/mol. The fourth-order valence-corrected chi connectivity index (χ4v) is 3.43. The van der Waals surface area contributed by atoms with Gasteiger partial charge in [-0.2, -0.15) is 4.98 Å². The minimum Gasteiger partial charge on any atom is -0.456 e. The van der Waals surface area contributed by atoms with Gasteiger partial charge in [0.1, 0.15) is 20.7 Å². The highest BCUT2D eigenvalue weighted by Gasteiger charge is 2.50. The number of anilines is 1. The lowest BCUT2D eigenvalue weighted by Crippen LogP contribution is -2.42. The van der Waals surface area contributed by atoms with Crippen molar-refractivity contribution in [1.29, 1.82) is 0 Å². The molecule has 150 valence electrons. The lowest BCUT2D eigenvalue weighted by molar-refractivity contribution is -0.165. The van der Waals surface area contributed by atoms with Crippen LogP contribution in [-0.2, 0) is 23.8 Å². The summed E-state index contributed by atoms with van der Waals surface area (Å²) in [6.07, 6.45) is -3.13. The van der Waals surface area contributed by atoms with E-state index in [-0.39, 0.29) is 5.95 Å². The lowest BCUT2D eigenvalue weighted by atomic mass is 10.1. The van der Waals surface area contributed by atoms with E-state index in [9.17, 15) is 19.5 Å². The number of carbonyl (C=O) groups is 2. The zero-order valence-corrected chi connectivity index (χ0v) is 16.8. The Balaban J connectivity index is 2.37. The van der Waals surface area contributed by atoms with E-state index >= 15 is 0 Å². The van der Waals surface area contributed by atoms with Gasteiger partial charge in [0.05, 0.1) is 6.61 Å². The first-order valence-electron chi connectivity index (χ1n) is 8.36. The van der Waals surface area contributed by atoms with Crippen LogP contribution in [0.4, 0.5) is 5.95 Å². The zero-order chi connectivity index (χ0) is 20.4. The molecule has 1 aliphatic rings. The standard InChI is InChI=1S/C15H24N4O7Si/c1-8(21)24-11-10(6-20)26-13(12(11)25-9(2)22)19-7-16-14(17-15(19)23)18-27(3,4)5/h7,10-13,20H,6H2,1-5H3,(H,17,18,23)/t10-,11+,12?,13-/m1/s1. The summed E-state index contributed by atoms with van der Waals surface area (Å²) >= 11 is 0. The van der Waals surface area contributed by atoms with Crippen LogP contribution < -0.4 is 10.7 Å². The number of esters is 2. The van der Waals surface area contributed by atoms with Crippen LogP contribution in [0.2, 0.25) is 19.6 Å². The molecule has 0 bridgehead atoms. The molecule has 1 unspecified atom stereocenters. The highest BCUT2D eigenvalue weighted by Crippen LogP contribution is 2.33. The zero-order valence-electron chi connectivity index (χ0n) is 15.8. The van der Waals surface area contributed by atoms with Gasteiger partial charge in [0.2, 0.25) is 5.95 Å². The Morgan fingerprint density at radius 1 is 1.26 bits per heavy atom. The van der Waals surface area contributed by atoms with Crippen LogP contribution in [0.5, 0.6) is 0 Å². The van der Waals surface area contributed by atoms with Gasteiger partial charge in [0.15, 0.2) is 18.4 Å². The van der Waals surface area contributed by atoms with E-state index in [4.69, 9.17) is 14.2 Å². The van der Waals surface area contributed by atoms with Crippen molar-refractivity contribution in [3.63, 3.8) is 0 Å². The fraction of sp³-hybridized carbons (Fsp3) is 0.667. The van der Waals surface area contributed by atoms with Crippen LogP contribution in [0, 0.1) is 0 Å². The van der Waals surface area contributed by atoms with Crippen LogP contribution in [0.1, 0.15) is 20.1 Å². The van der Waals surface area contributed by atoms with Gasteiger partial charge < -0.3 is 24.3 Å². The third-order valence-corrected chi connectivity index (χ3v) is 4.53. The van der Waals surface area contributed by atoms with E-state index < -0.39 is 57.0 Å². The Labute approximate surface area is 156 Å². The van der Waals surface area contributed by atoms with Gasteiger partial charge in [-0.15, -0.1) is 0 Å². The van der Waals surface area contributed by atoms with Gasteiger partial charge in [0.25, 0.3) is 0 Å². The van der Waals surface area contributed by atoms with Crippen LogP contribution in [-0.4, -0.2) is 64.7 Å². The van der Waals surface area contributed by atoms with E-state index in [2.05, 4.69) is 15.0 Å². The minimum atomic E-state index is -1.77. The molecule has 11 nitrogen and oxygen atoms in total. The normalized spacial score (nSPS) is 25.1. The van der Waals surface area contributed by atoms with Crippen molar-refractivity contribution in [2.24, 2.45) is 0 Å². The van der Waals surface area contributed by atoms with Gasteiger partial charge in [0, 0.05) is 13.8 Å². The molecule has 1 saturated heterocycles. The molecule has 4 atom stereocenters. The Bertz CT molecular complexity index is 763. The largest absolute Gasteiger partial charge is 0.456 e. The molecule has 2 heterocycles. The van der Waals surface area contributed by atoms with Gasteiger partial charge in [-0.3, -0.25) is 14.2 Å². The second-order valence-corrected chi connectivity index (χ2v) is 11.9. The van der Waals surface area contributed by atoms with E-state index in [0.29, 0.717) is 0 Å². The molecule has 12 heteroatoms. The summed E-state index contributed by atoms with van der Waals surface area (Å²) in [5.41, 5.74) is -0.687.